The maximum atomic E-state index is 12.2. The molecule has 0 aromatic carbocycles. The molecule has 0 radical (unpaired) electrons. The predicted octanol–water partition coefficient (Wildman–Crippen LogP) is 1.48. The first-order chi connectivity index (χ1) is 10.1. The molecule has 7 nitrogen and oxygen atoms in total. The van der Waals surface area contributed by atoms with E-state index >= 15 is 0 Å². The van der Waals surface area contributed by atoms with Crippen LogP contribution >= 0.6 is 0 Å². The van der Waals surface area contributed by atoms with Crippen LogP contribution in [-0.4, -0.2) is 40.0 Å². The van der Waals surface area contributed by atoms with E-state index in [2.05, 4.69) is 21.0 Å². The second kappa shape index (κ2) is 7.14. The average molecular weight is 321 g/mol. The van der Waals surface area contributed by atoms with Crippen LogP contribution in [0.3, 0.4) is 0 Å². The number of amides is 3. The van der Waals surface area contributed by atoms with Gasteiger partial charge in [0, 0.05) is 18.3 Å². The Morgan fingerprint density at radius 2 is 1.95 bits per heavy atom. The third-order valence-corrected chi connectivity index (χ3v) is 2.40. The molecule has 1 unspecified atom stereocenters. The Hall–Kier alpha value is -2.26. The second-order valence-corrected chi connectivity index (χ2v) is 5.00. The van der Waals surface area contributed by atoms with Gasteiger partial charge in [0.25, 0.3) is 0 Å². The Kier molecular flexibility index (Phi) is 5.77. The highest BCUT2D eigenvalue weighted by atomic mass is 19.4. The number of urea groups is 1. The van der Waals surface area contributed by atoms with Gasteiger partial charge in [0.15, 0.2) is 0 Å². The molecule has 22 heavy (non-hydrogen) atoms. The SMILES string of the molecule is CC(C)NC(=O)NC(=O)C(C)Nc1ccn(CC(F)(F)F)n1. The van der Waals surface area contributed by atoms with Crippen molar-refractivity contribution in [3.8, 4) is 0 Å². The molecule has 1 aromatic heterocycles. The molecule has 0 saturated carbocycles. The number of anilines is 1. The number of nitrogens with one attached hydrogen (secondary N) is 3. The first kappa shape index (κ1) is 17.8. The lowest BCUT2D eigenvalue weighted by Gasteiger charge is -2.14. The van der Waals surface area contributed by atoms with Gasteiger partial charge in [-0.05, 0) is 20.8 Å². The Bertz CT molecular complexity index is 527. The van der Waals surface area contributed by atoms with Crippen molar-refractivity contribution in [3.05, 3.63) is 12.3 Å². The van der Waals surface area contributed by atoms with E-state index in [4.69, 9.17) is 0 Å². The molecule has 0 aliphatic carbocycles. The number of aromatic nitrogens is 2. The zero-order chi connectivity index (χ0) is 16.9. The summed E-state index contributed by atoms with van der Waals surface area (Å²) in [6.45, 7) is 3.71. The summed E-state index contributed by atoms with van der Waals surface area (Å²) in [7, 11) is 0. The molecule has 124 valence electrons. The lowest BCUT2D eigenvalue weighted by Crippen LogP contribution is -2.47. The quantitative estimate of drug-likeness (QED) is 0.766. The predicted molar refractivity (Wildman–Crippen MR) is 73.2 cm³/mol. The van der Waals surface area contributed by atoms with Gasteiger partial charge in [0.05, 0.1) is 0 Å². The van der Waals surface area contributed by atoms with Crippen molar-refractivity contribution in [1.29, 1.82) is 0 Å². The monoisotopic (exact) mass is 321 g/mol. The van der Waals surface area contributed by atoms with Crippen molar-refractivity contribution in [1.82, 2.24) is 20.4 Å². The average Bonchev–Trinajstić information content (AvgIpc) is 2.72. The van der Waals surface area contributed by atoms with E-state index in [1.807, 2.05) is 0 Å². The minimum atomic E-state index is -4.37. The van der Waals surface area contributed by atoms with E-state index in [0.717, 1.165) is 6.20 Å². The summed E-state index contributed by atoms with van der Waals surface area (Å²) in [6, 6.07) is -0.304. The van der Waals surface area contributed by atoms with Gasteiger partial charge >= 0.3 is 12.2 Å². The first-order valence-corrected chi connectivity index (χ1v) is 6.55. The summed E-state index contributed by atoms with van der Waals surface area (Å²) in [4.78, 5) is 23.1. The molecule has 0 bridgehead atoms. The van der Waals surface area contributed by atoms with Gasteiger partial charge in [-0.3, -0.25) is 14.8 Å². The zero-order valence-corrected chi connectivity index (χ0v) is 12.4. The summed E-state index contributed by atoms with van der Waals surface area (Å²) in [5, 5.41) is 10.9. The van der Waals surface area contributed by atoms with Crippen LogP contribution in [0.4, 0.5) is 23.8 Å². The summed E-state index contributed by atoms with van der Waals surface area (Å²) in [6.07, 6.45) is -3.23. The van der Waals surface area contributed by atoms with Crippen LogP contribution in [0.25, 0.3) is 0 Å². The van der Waals surface area contributed by atoms with Gasteiger partial charge in [-0.25, -0.2) is 4.79 Å². The number of carbonyl (C=O) groups is 2. The molecule has 1 rings (SSSR count). The Morgan fingerprint density at radius 3 is 2.50 bits per heavy atom. The van der Waals surface area contributed by atoms with E-state index in [-0.39, 0.29) is 11.9 Å². The number of hydrogen-bond acceptors (Lipinski definition) is 4. The number of nitrogens with zero attached hydrogens (tertiary/aromatic N) is 2. The molecular formula is C12H18F3N5O2. The largest absolute Gasteiger partial charge is 0.408 e. The molecule has 1 atom stereocenters. The number of rotatable bonds is 5. The van der Waals surface area contributed by atoms with Crippen LogP contribution in [-0.2, 0) is 11.3 Å². The van der Waals surface area contributed by atoms with Gasteiger partial charge in [-0.2, -0.15) is 18.3 Å². The highest BCUT2D eigenvalue weighted by Crippen LogP contribution is 2.17. The molecule has 10 heteroatoms. The van der Waals surface area contributed by atoms with Crippen LogP contribution in [0.15, 0.2) is 12.3 Å². The van der Waals surface area contributed by atoms with Crippen molar-refractivity contribution in [2.75, 3.05) is 5.32 Å². The van der Waals surface area contributed by atoms with Crippen molar-refractivity contribution >= 4 is 17.8 Å². The first-order valence-electron chi connectivity index (χ1n) is 6.55. The van der Waals surface area contributed by atoms with Crippen LogP contribution < -0.4 is 16.0 Å². The number of halogens is 3. The van der Waals surface area contributed by atoms with E-state index in [1.165, 1.54) is 13.0 Å². The van der Waals surface area contributed by atoms with E-state index in [1.54, 1.807) is 13.8 Å². The third-order valence-electron chi connectivity index (χ3n) is 2.40. The van der Waals surface area contributed by atoms with Crippen LogP contribution in [0, 0.1) is 0 Å². The fourth-order valence-electron chi connectivity index (χ4n) is 1.52. The highest BCUT2D eigenvalue weighted by Gasteiger charge is 2.28. The summed E-state index contributed by atoms with van der Waals surface area (Å²) in [5.74, 6) is -0.514. The number of imide groups is 1. The smallest absolute Gasteiger partial charge is 0.357 e. The summed E-state index contributed by atoms with van der Waals surface area (Å²) < 4.78 is 37.3. The third kappa shape index (κ3) is 6.46. The second-order valence-electron chi connectivity index (χ2n) is 5.00. The minimum absolute atomic E-state index is 0.108. The normalized spacial score (nSPS) is 12.9. The van der Waals surface area contributed by atoms with Gasteiger partial charge in [0.1, 0.15) is 18.4 Å². The van der Waals surface area contributed by atoms with Crippen molar-refractivity contribution in [2.45, 2.75) is 45.6 Å². The topological polar surface area (TPSA) is 88.0 Å². The molecular weight excluding hydrogens is 303 g/mol. The molecule has 0 aliphatic heterocycles. The molecule has 0 aliphatic rings. The van der Waals surface area contributed by atoms with Gasteiger partial charge in [-0.15, -0.1) is 0 Å². The maximum absolute atomic E-state index is 12.2. The van der Waals surface area contributed by atoms with Crippen LogP contribution in [0.5, 0.6) is 0 Å². The van der Waals surface area contributed by atoms with Crippen molar-refractivity contribution in [2.24, 2.45) is 0 Å². The van der Waals surface area contributed by atoms with Crippen molar-refractivity contribution in [3.63, 3.8) is 0 Å². The Balaban J connectivity index is 2.52. The lowest BCUT2D eigenvalue weighted by atomic mass is 10.3. The van der Waals surface area contributed by atoms with E-state index in [0.29, 0.717) is 4.68 Å². The Labute approximate surface area is 125 Å². The molecule has 1 aromatic rings. The van der Waals surface area contributed by atoms with Gasteiger partial charge in [0.2, 0.25) is 5.91 Å². The van der Waals surface area contributed by atoms with Crippen LogP contribution in [0.2, 0.25) is 0 Å². The fraction of sp³-hybridized carbons (Fsp3) is 0.583. The maximum Gasteiger partial charge on any atom is 0.408 e. The number of alkyl halides is 3. The molecule has 0 saturated heterocycles. The van der Waals surface area contributed by atoms with Gasteiger partial charge < -0.3 is 10.6 Å². The summed E-state index contributed by atoms with van der Waals surface area (Å²) in [5.41, 5.74) is 0. The zero-order valence-electron chi connectivity index (χ0n) is 12.4. The molecule has 0 fully saturated rings. The number of carbonyl (C=O) groups excluding carboxylic acids is 2. The fourth-order valence-corrected chi connectivity index (χ4v) is 1.52. The van der Waals surface area contributed by atoms with E-state index < -0.39 is 30.7 Å². The molecule has 0 spiro atoms. The molecule has 3 amide bonds. The Morgan fingerprint density at radius 1 is 1.32 bits per heavy atom. The minimum Gasteiger partial charge on any atom is -0.357 e. The van der Waals surface area contributed by atoms with E-state index in [9.17, 15) is 22.8 Å². The van der Waals surface area contributed by atoms with Crippen LogP contribution in [0.1, 0.15) is 20.8 Å². The van der Waals surface area contributed by atoms with Crippen molar-refractivity contribution < 1.29 is 22.8 Å². The van der Waals surface area contributed by atoms with Gasteiger partial charge in [-0.1, -0.05) is 0 Å². The lowest BCUT2D eigenvalue weighted by molar-refractivity contribution is -0.142. The standard InChI is InChI=1S/C12H18F3N5O2/c1-7(2)16-11(22)18-10(21)8(3)17-9-4-5-20(19-9)6-12(13,14)15/h4-5,7-8H,6H2,1-3H3,(H,17,19)(H2,16,18,21,22). The molecule has 1 heterocycles. The highest BCUT2D eigenvalue weighted by molar-refractivity contribution is 5.97. The summed E-state index contributed by atoms with van der Waals surface area (Å²) >= 11 is 0. The number of hydrogen-bond donors (Lipinski definition) is 3. The molecule has 3 N–H and O–H groups in total.